The minimum Gasteiger partial charge on any atom is -0.306 e. The van der Waals surface area contributed by atoms with Crippen molar-refractivity contribution in [3.05, 3.63) is 53.6 Å². The molecule has 170 valence electrons. The largest absolute Gasteiger partial charge is 0.401 e. The Kier molecular flexibility index (Phi) is 4.53. The van der Waals surface area contributed by atoms with Crippen LogP contribution in [-0.4, -0.2) is 53.3 Å². The molecule has 15 heteroatoms. The Bertz CT molecular complexity index is 1390. The molecule has 0 saturated heterocycles. The lowest BCUT2D eigenvalue weighted by Gasteiger charge is -2.28. The van der Waals surface area contributed by atoms with Crippen molar-refractivity contribution in [1.29, 1.82) is 0 Å². The highest BCUT2D eigenvalue weighted by atomic mass is 35.5. The Labute approximate surface area is 186 Å². The quantitative estimate of drug-likeness (QED) is 0.440. The van der Waals surface area contributed by atoms with E-state index in [0.29, 0.717) is 0 Å². The van der Waals surface area contributed by atoms with Crippen molar-refractivity contribution in [3.8, 4) is 5.82 Å². The van der Waals surface area contributed by atoms with Crippen LogP contribution in [0.3, 0.4) is 0 Å². The monoisotopic (exact) mass is 481 g/mol. The molecule has 1 atom stereocenters. The summed E-state index contributed by atoms with van der Waals surface area (Å²) >= 11 is 6.18. The number of carbonyl (C=O) groups excluding carboxylic acids is 1. The molecule has 0 aromatic carbocycles. The minimum absolute atomic E-state index is 0.0985. The third kappa shape index (κ3) is 3.25. The first kappa shape index (κ1) is 21.1. The molecule has 4 aromatic heterocycles. The Morgan fingerprint density at radius 2 is 1.91 bits per heavy atom. The van der Waals surface area contributed by atoms with Crippen molar-refractivity contribution in [2.75, 3.05) is 16.8 Å². The third-order valence-corrected chi connectivity index (χ3v) is 5.55. The van der Waals surface area contributed by atoms with Gasteiger partial charge in [-0.05, 0) is 13.0 Å². The fraction of sp³-hybridized carbons (Fsp3) is 0.222. The highest BCUT2D eigenvalue weighted by Crippen LogP contribution is 2.49. The summed E-state index contributed by atoms with van der Waals surface area (Å²) in [5.74, 6) is -0.793. The average molecular weight is 482 g/mol. The normalized spacial score (nSPS) is 18.1. The first-order valence-electron chi connectivity index (χ1n) is 9.31. The third-order valence-electron chi connectivity index (χ3n) is 5.27. The lowest BCUT2D eigenvalue weighted by molar-refractivity contribution is -0.181. The zero-order valence-electron chi connectivity index (χ0n) is 16.5. The summed E-state index contributed by atoms with van der Waals surface area (Å²) < 4.78 is 56.7. The SMILES string of the molecule is C[C@@]1(C(F)(F)F)CN(C(=O)Nc2cnc(-n3nccn3)c(Cl)c2)c2cnc3cc(F)nn3c21. The van der Waals surface area contributed by atoms with Crippen LogP contribution < -0.4 is 10.2 Å². The number of fused-ring (bicyclic) bond motifs is 3. The minimum atomic E-state index is -4.77. The molecule has 5 rings (SSSR count). The molecule has 0 aliphatic carbocycles. The van der Waals surface area contributed by atoms with Crippen LogP contribution in [0.2, 0.25) is 5.02 Å². The van der Waals surface area contributed by atoms with Crippen LogP contribution in [0, 0.1) is 5.95 Å². The van der Waals surface area contributed by atoms with E-state index in [1.165, 1.54) is 29.5 Å². The molecule has 1 aliphatic heterocycles. The van der Waals surface area contributed by atoms with Crippen LogP contribution in [0.15, 0.2) is 36.9 Å². The number of pyridine rings is 1. The zero-order valence-corrected chi connectivity index (χ0v) is 17.3. The van der Waals surface area contributed by atoms with Gasteiger partial charge in [0.25, 0.3) is 0 Å². The molecule has 0 bridgehead atoms. The van der Waals surface area contributed by atoms with Crippen molar-refractivity contribution in [2.24, 2.45) is 0 Å². The highest BCUT2D eigenvalue weighted by Gasteiger charge is 2.60. The lowest BCUT2D eigenvalue weighted by Crippen LogP contribution is -2.46. The number of urea groups is 1. The van der Waals surface area contributed by atoms with E-state index < -0.39 is 35.8 Å². The number of aromatic nitrogens is 7. The number of anilines is 2. The van der Waals surface area contributed by atoms with Crippen molar-refractivity contribution >= 4 is 34.7 Å². The van der Waals surface area contributed by atoms with E-state index in [1.54, 1.807) is 0 Å². The fourth-order valence-corrected chi connectivity index (χ4v) is 3.90. The summed E-state index contributed by atoms with van der Waals surface area (Å²) in [4.78, 5) is 23.0. The number of hydrogen-bond acceptors (Lipinski definition) is 6. The Hall–Kier alpha value is -3.81. The highest BCUT2D eigenvalue weighted by molar-refractivity contribution is 6.32. The first-order chi connectivity index (χ1) is 15.6. The maximum atomic E-state index is 14.1. The number of hydrogen-bond donors (Lipinski definition) is 1. The summed E-state index contributed by atoms with van der Waals surface area (Å²) in [6.45, 7) is 0.152. The van der Waals surface area contributed by atoms with Crippen molar-refractivity contribution < 1.29 is 22.4 Å². The molecular formula is C18H12ClF4N9O. The second-order valence-corrected chi connectivity index (χ2v) is 7.83. The van der Waals surface area contributed by atoms with Gasteiger partial charge in [0.2, 0.25) is 5.95 Å². The van der Waals surface area contributed by atoms with E-state index in [9.17, 15) is 22.4 Å². The van der Waals surface area contributed by atoms with E-state index in [4.69, 9.17) is 11.6 Å². The molecule has 0 fully saturated rings. The van der Waals surface area contributed by atoms with Gasteiger partial charge in [0, 0.05) is 12.6 Å². The fourth-order valence-electron chi connectivity index (χ4n) is 3.65. The van der Waals surface area contributed by atoms with Crippen LogP contribution in [0.25, 0.3) is 11.5 Å². The zero-order chi connectivity index (χ0) is 23.5. The van der Waals surface area contributed by atoms with Crippen LogP contribution >= 0.6 is 11.6 Å². The summed E-state index contributed by atoms with van der Waals surface area (Å²) in [5, 5.41) is 13.9. The van der Waals surface area contributed by atoms with E-state index in [2.05, 4.69) is 30.6 Å². The van der Waals surface area contributed by atoms with Gasteiger partial charge < -0.3 is 5.32 Å². The van der Waals surface area contributed by atoms with E-state index in [1.807, 2.05) is 0 Å². The number of alkyl halides is 3. The average Bonchev–Trinajstić information content (AvgIpc) is 3.45. The first-order valence-corrected chi connectivity index (χ1v) is 9.68. The van der Waals surface area contributed by atoms with Gasteiger partial charge >= 0.3 is 12.2 Å². The molecule has 0 unspecified atom stereocenters. The second kappa shape index (κ2) is 7.10. The molecule has 0 spiro atoms. The number of amides is 2. The van der Waals surface area contributed by atoms with Crippen molar-refractivity contribution in [1.82, 2.24) is 34.6 Å². The molecule has 33 heavy (non-hydrogen) atoms. The van der Waals surface area contributed by atoms with E-state index >= 15 is 0 Å². The summed E-state index contributed by atoms with van der Waals surface area (Å²) in [7, 11) is 0. The topological polar surface area (TPSA) is 106 Å². The van der Waals surface area contributed by atoms with Gasteiger partial charge in [-0.2, -0.15) is 27.8 Å². The predicted molar refractivity (Wildman–Crippen MR) is 107 cm³/mol. The number of halogens is 5. The van der Waals surface area contributed by atoms with Crippen molar-refractivity contribution in [2.45, 2.75) is 18.5 Å². The molecule has 4 aromatic rings. The van der Waals surface area contributed by atoms with Gasteiger partial charge in [-0.1, -0.05) is 11.6 Å². The van der Waals surface area contributed by atoms with Gasteiger partial charge in [0.15, 0.2) is 11.5 Å². The Morgan fingerprint density at radius 3 is 2.58 bits per heavy atom. The molecule has 0 saturated carbocycles. The number of nitrogens with zero attached hydrogens (tertiary/aromatic N) is 8. The molecule has 10 nitrogen and oxygen atoms in total. The smallest absolute Gasteiger partial charge is 0.306 e. The summed E-state index contributed by atoms with van der Waals surface area (Å²) in [6.07, 6.45) is 0.419. The van der Waals surface area contributed by atoms with Gasteiger partial charge in [-0.3, -0.25) is 4.90 Å². The van der Waals surface area contributed by atoms with E-state index in [-0.39, 0.29) is 27.9 Å². The second-order valence-electron chi connectivity index (χ2n) is 7.42. The van der Waals surface area contributed by atoms with E-state index in [0.717, 1.165) is 28.6 Å². The van der Waals surface area contributed by atoms with Crippen LogP contribution in [0.4, 0.5) is 33.7 Å². The molecule has 1 N–H and O–H groups in total. The van der Waals surface area contributed by atoms with Gasteiger partial charge in [0.1, 0.15) is 5.41 Å². The predicted octanol–water partition coefficient (Wildman–Crippen LogP) is 3.37. The van der Waals surface area contributed by atoms with Crippen LogP contribution in [-0.2, 0) is 5.41 Å². The Morgan fingerprint density at radius 1 is 1.18 bits per heavy atom. The van der Waals surface area contributed by atoms with Crippen molar-refractivity contribution in [3.63, 3.8) is 0 Å². The van der Waals surface area contributed by atoms with Gasteiger partial charge in [0.05, 0.1) is 46.9 Å². The van der Waals surface area contributed by atoms with Gasteiger partial charge in [-0.15, -0.1) is 9.90 Å². The molecule has 2 amide bonds. The lowest BCUT2D eigenvalue weighted by atomic mass is 9.88. The summed E-state index contributed by atoms with van der Waals surface area (Å²) in [5.41, 5.74) is -3.05. The summed E-state index contributed by atoms with van der Waals surface area (Å²) in [6, 6.07) is 1.37. The maximum Gasteiger partial charge on any atom is 0.401 e. The number of carbonyl (C=O) groups is 1. The standard InChI is InChI=1S/C18H12ClF4N9O/c1-17(18(21,22)23)8-30(11-7-24-13-5-12(20)29-31(13)14(11)17)16(33)28-9-4-10(19)15(25-6-9)32-26-2-3-27-32/h2-7H,8H2,1H3,(H,28,33)/t17-/m1/s1. The number of rotatable bonds is 2. The van der Waals surface area contributed by atoms with Crippen LogP contribution in [0.1, 0.15) is 12.6 Å². The molecule has 1 aliphatic rings. The van der Waals surface area contributed by atoms with Crippen LogP contribution in [0.5, 0.6) is 0 Å². The Balaban J connectivity index is 1.51. The maximum absolute atomic E-state index is 14.1. The van der Waals surface area contributed by atoms with Gasteiger partial charge in [-0.25, -0.2) is 19.3 Å². The molecular weight excluding hydrogens is 470 g/mol. The molecule has 0 radical (unpaired) electrons. The number of nitrogens with one attached hydrogen (secondary N) is 1. The molecule has 5 heterocycles.